The number of ketones is 1. The minimum atomic E-state index is -0.0636. The lowest BCUT2D eigenvalue weighted by Crippen LogP contribution is -2.24. The van der Waals surface area contributed by atoms with Gasteiger partial charge in [0.15, 0.2) is 17.3 Å². The molecule has 1 atom stereocenters. The zero-order chi connectivity index (χ0) is 10.1. The van der Waals surface area contributed by atoms with E-state index in [1.54, 1.807) is 25.3 Å². The molecule has 0 bridgehead atoms. The molecule has 3 heteroatoms. The Labute approximate surface area is 82.6 Å². The Kier molecular flexibility index (Phi) is 2.15. The van der Waals surface area contributed by atoms with Gasteiger partial charge in [0.2, 0.25) is 0 Å². The molecule has 0 radical (unpaired) electrons. The van der Waals surface area contributed by atoms with E-state index >= 15 is 0 Å². The SMILES string of the molecule is COc1cccc2c1OC(C)CC2=O. The summed E-state index contributed by atoms with van der Waals surface area (Å²) in [6, 6.07) is 5.37. The van der Waals surface area contributed by atoms with Crippen molar-refractivity contribution in [2.45, 2.75) is 19.4 Å². The first-order valence-corrected chi connectivity index (χ1v) is 4.59. The number of ether oxygens (including phenoxy) is 2. The van der Waals surface area contributed by atoms with Crippen LogP contribution in [0.2, 0.25) is 0 Å². The number of fused-ring (bicyclic) bond motifs is 1. The van der Waals surface area contributed by atoms with Crippen molar-refractivity contribution < 1.29 is 14.3 Å². The molecule has 1 aromatic carbocycles. The Balaban J connectivity index is 2.52. The topological polar surface area (TPSA) is 35.5 Å². The zero-order valence-electron chi connectivity index (χ0n) is 8.24. The highest BCUT2D eigenvalue weighted by molar-refractivity contribution is 6.00. The Bertz CT molecular complexity index is 371. The molecular weight excluding hydrogens is 180 g/mol. The third-order valence-electron chi connectivity index (χ3n) is 2.29. The number of benzene rings is 1. The molecule has 0 aromatic heterocycles. The summed E-state index contributed by atoms with van der Waals surface area (Å²) in [5, 5.41) is 0. The number of para-hydroxylation sites is 1. The van der Waals surface area contributed by atoms with Crippen LogP contribution in [0, 0.1) is 0 Å². The van der Waals surface area contributed by atoms with E-state index in [1.165, 1.54) is 0 Å². The van der Waals surface area contributed by atoms with E-state index in [2.05, 4.69) is 0 Å². The van der Waals surface area contributed by atoms with Crippen molar-refractivity contribution in [1.82, 2.24) is 0 Å². The smallest absolute Gasteiger partial charge is 0.172 e. The van der Waals surface area contributed by atoms with Gasteiger partial charge in [-0.3, -0.25) is 4.79 Å². The van der Waals surface area contributed by atoms with Crippen molar-refractivity contribution >= 4 is 5.78 Å². The van der Waals surface area contributed by atoms with Crippen molar-refractivity contribution in [3.8, 4) is 11.5 Å². The summed E-state index contributed by atoms with van der Waals surface area (Å²) in [5.74, 6) is 1.33. The second-order valence-corrected chi connectivity index (χ2v) is 3.39. The Morgan fingerprint density at radius 1 is 1.50 bits per heavy atom. The van der Waals surface area contributed by atoms with Crippen LogP contribution >= 0.6 is 0 Å². The fourth-order valence-electron chi connectivity index (χ4n) is 1.63. The summed E-state index contributed by atoms with van der Waals surface area (Å²) in [6.45, 7) is 1.88. The molecule has 0 aliphatic carbocycles. The minimum Gasteiger partial charge on any atom is -0.493 e. The molecule has 1 aromatic rings. The molecule has 3 nitrogen and oxygen atoms in total. The van der Waals surface area contributed by atoms with Crippen molar-refractivity contribution in [1.29, 1.82) is 0 Å². The summed E-state index contributed by atoms with van der Waals surface area (Å²) in [6.07, 6.45) is 0.381. The summed E-state index contributed by atoms with van der Waals surface area (Å²) in [5.41, 5.74) is 0.627. The third kappa shape index (κ3) is 1.35. The maximum Gasteiger partial charge on any atom is 0.172 e. The lowest BCUT2D eigenvalue weighted by atomic mass is 10.0. The minimum absolute atomic E-state index is 0.0636. The molecule has 0 N–H and O–H groups in total. The molecule has 0 fully saturated rings. The van der Waals surface area contributed by atoms with Crippen LogP contribution in [-0.4, -0.2) is 19.0 Å². The Morgan fingerprint density at radius 2 is 2.29 bits per heavy atom. The Hall–Kier alpha value is -1.51. The van der Waals surface area contributed by atoms with E-state index in [1.807, 2.05) is 6.92 Å². The fraction of sp³-hybridized carbons (Fsp3) is 0.364. The van der Waals surface area contributed by atoms with Crippen molar-refractivity contribution in [3.05, 3.63) is 23.8 Å². The summed E-state index contributed by atoms with van der Waals surface area (Å²) < 4.78 is 10.7. The van der Waals surface area contributed by atoms with Gasteiger partial charge >= 0.3 is 0 Å². The largest absolute Gasteiger partial charge is 0.493 e. The van der Waals surface area contributed by atoms with Crippen molar-refractivity contribution in [3.63, 3.8) is 0 Å². The van der Waals surface area contributed by atoms with Crippen molar-refractivity contribution in [2.75, 3.05) is 7.11 Å². The molecule has 0 amide bonds. The first-order valence-electron chi connectivity index (χ1n) is 4.59. The van der Waals surface area contributed by atoms with Crippen LogP contribution in [0.5, 0.6) is 11.5 Å². The normalized spacial score (nSPS) is 19.9. The van der Waals surface area contributed by atoms with Crippen LogP contribution in [0.25, 0.3) is 0 Å². The number of carbonyl (C=O) groups is 1. The lowest BCUT2D eigenvalue weighted by Gasteiger charge is -2.23. The first kappa shape index (κ1) is 9.06. The first-order chi connectivity index (χ1) is 6.72. The zero-order valence-corrected chi connectivity index (χ0v) is 8.24. The van der Waals surface area contributed by atoms with Gasteiger partial charge in [0, 0.05) is 6.42 Å². The maximum atomic E-state index is 11.6. The number of Topliss-reactive ketones (excluding diaryl/α,β-unsaturated/α-hetero) is 1. The monoisotopic (exact) mass is 192 g/mol. The Morgan fingerprint density at radius 3 is 3.00 bits per heavy atom. The number of rotatable bonds is 1. The van der Waals surface area contributed by atoms with E-state index in [9.17, 15) is 4.79 Å². The molecule has 74 valence electrons. The average molecular weight is 192 g/mol. The van der Waals surface area contributed by atoms with Gasteiger partial charge in [-0.2, -0.15) is 0 Å². The van der Waals surface area contributed by atoms with Gasteiger partial charge < -0.3 is 9.47 Å². The number of carbonyl (C=O) groups excluding carboxylic acids is 1. The quantitative estimate of drug-likeness (QED) is 0.683. The highest BCUT2D eigenvalue weighted by Gasteiger charge is 2.25. The van der Waals surface area contributed by atoms with Gasteiger partial charge in [0.25, 0.3) is 0 Å². The van der Waals surface area contributed by atoms with Crippen LogP contribution in [0.15, 0.2) is 18.2 Å². The van der Waals surface area contributed by atoms with Gasteiger partial charge in [-0.1, -0.05) is 6.07 Å². The van der Waals surface area contributed by atoms with E-state index < -0.39 is 0 Å². The second-order valence-electron chi connectivity index (χ2n) is 3.39. The molecule has 1 heterocycles. The molecule has 1 unspecified atom stereocenters. The van der Waals surface area contributed by atoms with Gasteiger partial charge in [-0.15, -0.1) is 0 Å². The third-order valence-corrected chi connectivity index (χ3v) is 2.29. The lowest BCUT2D eigenvalue weighted by molar-refractivity contribution is 0.0864. The van der Waals surface area contributed by atoms with Crippen molar-refractivity contribution in [2.24, 2.45) is 0 Å². The summed E-state index contributed by atoms with van der Waals surface area (Å²) in [7, 11) is 1.57. The molecule has 14 heavy (non-hydrogen) atoms. The summed E-state index contributed by atoms with van der Waals surface area (Å²) >= 11 is 0. The van der Waals surface area contributed by atoms with Gasteiger partial charge in [-0.25, -0.2) is 0 Å². The van der Waals surface area contributed by atoms with E-state index in [4.69, 9.17) is 9.47 Å². The van der Waals surface area contributed by atoms with Gasteiger partial charge in [0.05, 0.1) is 12.7 Å². The molecule has 0 saturated carbocycles. The summed E-state index contributed by atoms with van der Waals surface area (Å²) in [4.78, 5) is 11.6. The molecule has 0 saturated heterocycles. The average Bonchev–Trinajstić information content (AvgIpc) is 2.17. The van der Waals surface area contributed by atoms with Crippen LogP contribution in [0.4, 0.5) is 0 Å². The van der Waals surface area contributed by atoms with Crippen LogP contribution in [0.1, 0.15) is 23.7 Å². The van der Waals surface area contributed by atoms with Crippen LogP contribution in [-0.2, 0) is 0 Å². The number of hydrogen-bond donors (Lipinski definition) is 0. The maximum absolute atomic E-state index is 11.6. The predicted molar refractivity (Wildman–Crippen MR) is 52.0 cm³/mol. The van der Waals surface area contributed by atoms with Gasteiger partial charge in [0.1, 0.15) is 6.10 Å². The van der Waals surface area contributed by atoms with E-state index in [0.29, 0.717) is 23.5 Å². The number of methoxy groups -OCH3 is 1. The fourth-order valence-corrected chi connectivity index (χ4v) is 1.63. The molecule has 2 rings (SSSR count). The molecule has 0 spiro atoms. The number of hydrogen-bond acceptors (Lipinski definition) is 3. The van der Waals surface area contributed by atoms with E-state index in [0.717, 1.165) is 0 Å². The van der Waals surface area contributed by atoms with Gasteiger partial charge in [-0.05, 0) is 19.1 Å². The second kappa shape index (κ2) is 3.33. The van der Waals surface area contributed by atoms with E-state index in [-0.39, 0.29) is 11.9 Å². The molecule has 1 aliphatic rings. The highest BCUT2D eigenvalue weighted by Crippen LogP contribution is 2.36. The van der Waals surface area contributed by atoms with Crippen LogP contribution in [0.3, 0.4) is 0 Å². The molecule has 1 aliphatic heterocycles. The standard InChI is InChI=1S/C11H12O3/c1-7-6-9(12)8-4-3-5-10(13-2)11(8)14-7/h3-5,7H,6H2,1-2H3. The molecular formula is C11H12O3. The highest BCUT2D eigenvalue weighted by atomic mass is 16.5. The predicted octanol–water partition coefficient (Wildman–Crippen LogP) is 2.05. The van der Waals surface area contributed by atoms with Crippen LogP contribution < -0.4 is 9.47 Å².